The molecular formula is C19H28FN3O5. The van der Waals surface area contributed by atoms with Crippen molar-refractivity contribution in [3.63, 3.8) is 0 Å². The summed E-state index contributed by atoms with van der Waals surface area (Å²) < 4.78 is 23.4. The van der Waals surface area contributed by atoms with Crippen LogP contribution in [0, 0.1) is 5.82 Å². The van der Waals surface area contributed by atoms with Crippen molar-refractivity contribution in [2.24, 2.45) is 4.99 Å². The average molecular weight is 397 g/mol. The molecule has 3 N–H and O–H groups in total. The maximum Gasteiger partial charge on any atom is 0.414 e. The first-order chi connectivity index (χ1) is 12.7. The number of carbonyl (C=O) groups is 2. The Hall–Kier alpha value is -2.84. The number of aromatic hydroxyl groups is 1. The van der Waals surface area contributed by atoms with E-state index in [2.05, 4.69) is 15.6 Å². The number of benzene rings is 1. The number of nitrogens with zero attached hydrogens (tertiary/aromatic N) is 1. The van der Waals surface area contributed by atoms with Crippen LogP contribution in [0.3, 0.4) is 0 Å². The summed E-state index contributed by atoms with van der Waals surface area (Å²) >= 11 is 0. The third-order valence-electron chi connectivity index (χ3n) is 2.92. The van der Waals surface area contributed by atoms with Gasteiger partial charge >= 0.3 is 12.2 Å². The molecule has 1 aromatic carbocycles. The quantitative estimate of drug-likeness (QED) is 0.534. The first-order valence-corrected chi connectivity index (χ1v) is 8.77. The number of aliphatic imine (C=N–C) groups is 1. The summed E-state index contributed by atoms with van der Waals surface area (Å²) in [6.07, 6.45) is -1.24. The largest absolute Gasteiger partial charge is 0.505 e. The van der Waals surface area contributed by atoms with Crippen molar-refractivity contribution in [1.29, 1.82) is 0 Å². The van der Waals surface area contributed by atoms with Crippen LogP contribution in [0.25, 0.3) is 0 Å². The lowest BCUT2D eigenvalue weighted by atomic mass is 10.1. The van der Waals surface area contributed by atoms with Gasteiger partial charge in [-0.3, -0.25) is 15.6 Å². The average Bonchev–Trinajstić information content (AvgIpc) is 2.46. The Labute approximate surface area is 164 Å². The number of phenols is 1. The van der Waals surface area contributed by atoms with Gasteiger partial charge < -0.3 is 14.6 Å². The van der Waals surface area contributed by atoms with Gasteiger partial charge in [0.25, 0.3) is 0 Å². The second-order valence-corrected chi connectivity index (χ2v) is 8.02. The molecule has 0 spiro atoms. The number of ether oxygens (including phenoxy) is 2. The van der Waals surface area contributed by atoms with Gasteiger partial charge in [0.15, 0.2) is 11.6 Å². The van der Waals surface area contributed by atoms with E-state index in [1.807, 2.05) is 0 Å². The van der Waals surface area contributed by atoms with Crippen molar-refractivity contribution in [2.45, 2.75) is 59.2 Å². The molecule has 0 aliphatic heterocycles. The van der Waals surface area contributed by atoms with Gasteiger partial charge in [-0.1, -0.05) is 6.07 Å². The van der Waals surface area contributed by atoms with E-state index in [1.54, 1.807) is 41.5 Å². The minimum atomic E-state index is -0.790. The molecule has 156 valence electrons. The third-order valence-corrected chi connectivity index (χ3v) is 2.92. The Bertz CT molecular complexity index is 704. The first-order valence-electron chi connectivity index (χ1n) is 8.77. The number of guanidine groups is 1. The highest BCUT2D eigenvalue weighted by molar-refractivity contribution is 6.01. The van der Waals surface area contributed by atoms with E-state index in [9.17, 15) is 19.1 Å². The van der Waals surface area contributed by atoms with Crippen molar-refractivity contribution < 1.29 is 28.6 Å². The van der Waals surface area contributed by atoms with E-state index in [-0.39, 0.29) is 12.5 Å². The number of amides is 2. The lowest BCUT2D eigenvalue weighted by molar-refractivity contribution is 0.0545. The van der Waals surface area contributed by atoms with Crippen LogP contribution in [0.1, 0.15) is 47.1 Å². The second-order valence-electron chi connectivity index (χ2n) is 8.02. The summed E-state index contributed by atoms with van der Waals surface area (Å²) in [6.45, 7) is 10.3. The number of hydrogen-bond donors (Lipinski definition) is 3. The summed E-state index contributed by atoms with van der Waals surface area (Å²) in [6, 6.07) is 3.94. The summed E-state index contributed by atoms with van der Waals surface area (Å²) in [4.78, 5) is 28.1. The van der Waals surface area contributed by atoms with Crippen molar-refractivity contribution >= 4 is 18.1 Å². The minimum Gasteiger partial charge on any atom is -0.505 e. The van der Waals surface area contributed by atoms with Crippen LogP contribution in [0.4, 0.5) is 14.0 Å². The lowest BCUT2D eigenvalue weighted by Gasteiger charge is -2.22. The van der Waals surface area contributed by atoms with Crippen LogP contribution in [-0.2, 0) is 15.9 Å². The van der Waals surface area contributed by atoms with Crippen LogP contribution in [0.5, 0.6) is 5.75 Å². The fraction of sp³-hybridized carbons (Fsp3) is 0.526. The fourth-order valence-electron chi connectivity index (χ4n) is 1.92. The summed E-state index contributed by atoms with van der Waals surface area (Å²) in [5.74, 6) is -1.32. The van der Waals surface area contributed by atoms with Crippen molar-refractivity contribution in [3.8, 4) is 5.75 Å². The molecule has 0 aliphatic carbocycles. The molecule has 0 fully saturated rings. The van der Waals surface area contributed by atoms with Crippen LogP contribution in [0.2, 0.25) is 0 Å². The Morgan fingerprint density at radius 2 is 1.54 bits per heavy atom. The Kier molecular flexibility index (Phi) is 7.78. The second kappa shape index (κ2) is 9.38. The molecular weight excluding hydrogens is 369 g/mol. The number of halogens is 1. The monoisotopic (exact) mass is 397 g/mol. The highest BCUT2D eigenvalue weighted by atomic mass is 19.1. The van der Waals surface area contributed by atoms with Gasteiger partial charge in [-0.15, -0.1) is 0 Å². The van der Waals surface area contributed by atoms with E-state index in [0.717, 1.165) is 6.07 Å². The molecule has 2 amide bonds. The summed E-state index contributed by atoms with van der Waals surface area (Å²) in [5.41, 5.74) is -0.823. The highest BCUT2D eigenvalue weighted by Crippen LogP contribution is 2.17. The predicted molar refractivity (Wildman–Crippen MR) is 103 cm³/mol. The lowest BCUT2D eigenvalue weighted by Crippen LogP contribution is -2.47. The van der Waals surface area contributed by atoms with Gasteiger partial charge in [-0.25, -0.2) is 14.0 Å². The number of hydrogen-bond acceptors (Lipinski definition) is 6. The van der Waals surface area contributed by atoms with Gasteiger partial charge in [0.1, 0.15) is 11.2 Å². The van der Waals surface area contributed by atoms with Crippen LogP contribution >= 0.6 is 0 Å². The zero-order chi connectivity index (χ0) is 21.5. The molecule has 0 aliphatic rings. The van der Waals surface area contributed by atoms with Gasteiger partial charge in [-0.2, -0.15) is 0 Å². The number of nitrogens with one attached hydrogen (secondary N) is 2. The minimum absolute atomic E-state index is 0.144. The van der Waals surface area contributed by atoms with E-state index < -0.39 is 35.0 Å². The van der Waals surface area contributed by atoms with Crippen molar-refractivity contribution in [1.82, 2.24) is 10.6 Å². The SMILES string of the molecule is CC(C)(C)OC(=O)NC(=NCCc1ccc(F)c(O)c1)NC(=O)OC(C)(C)C. The molecule has 0 bridgehead atoms. The third kappa shape index (κ3) is 9.75. The predicted octanol–water partition coefficient (Wildman–Crippen LogP) is 3.48. The smallest absolute Gasteiger partial charge is 0.414 e. The zero-order valence-corrected chi connectivity index (χ0v) is 17.1. The van der Waals surface area contributed by atoms with E-state index in [1.165, 1.54) is 12.1 Å². The van der Waals surface area contributed by atoms with E-state index in [0.29, 0.717) is 12.0 Å². The molecule has 28 heavy (non-hydrogen) atoms. The maximum atomic E-state index is 13.1. The zero-order valence-electron chi connectivity index (χ0n) is 17.1. The highest BCUT2D eigenvalue weighted by Gasteiger charge is 2.21. The van der Waals surface area contributed by atoms with Crippen LogP contribution < -0.4 is 10.6 Å². The molecule has 0 saturated carbocycles. The van der Waals surface area contributed by atoms with Crippen molar-refractivity contribution in [2.75, 3.05) is 6.54 Å². The Balaban J connectivity index is 2.82. The molecule has 1 aromatic rings. The molecule has 0 saturated heterocycles. The number of alkyl carbamates (subject to hydrolysis) is 2. The van der Waals surface area contributed by atoms with E-state index in [4.69, 9.17) is 9.47 Å². The van der Waals surface area contributed by atoms with Gasteiger partial charge in [0.2, 0.25) is 5.96 Å². The molecule has 9 heteroatoms. The first kappa shape index (κ1) is 23.2. The molecule has 0 atom stereocenters. The molecule has 0 heterocycles. The van der Waals surface area contributed by atoms with Crippen LogP contribution in [0.15, 0.2) is 23.2 Å². The Morgan fingerprint density at radius 1 is 1.04 bits per heavy atom. The van der Waals surface area contributed by atoms with Crippen LogP contribution in [-0.4, -0.2) is 41.0 Å². The molecule has 0 aromatic heterocycles. The number of phenolic OH excluding ortho intramolecular Hbond substituents is 1. The molecule has 0 unspecified atom stereocenters. The van der Waals surface area contributed by atoms with E-state index >= 15 is 0 Å². The van der Waals surface area contributed by atoms with Gasteiger partial charge in [0.05, 0.1) is 0 Å². The molecule has 8 nitrogen and oxygen atoms in total. The topological polar surface area (TPSA) is 109 Å². The standard InChI is InChI=1S/C19H28FN3O5/c1-18(2,3)27-16(25)22-15(23-17(26)28-19(4,5)6)21-10-9-12-7-8-13(20)14(24)11-12/h7-8,11,24H,9-10H2,1-6H3,(H2,21,22,23,25,26). The normalized spacial score (nSPS) is 11.4. The number of carbonyl (C=O) groups excluding carboxylic acids is 2. The summed E-state index contributed by atoms with van der Waals surface area (Å²) in [5, 5.41) is 14.1. The maximum absolute atomic E-state index is 13.1. The van der Waals surface area contributed by atoms with Gasteiger partial charge in [0, 0.05) is 6.54 Å². The molecule has 0 radical (unpaired) electrons. The molecule has 1 rings (SSSR count). The number of rotatable bonds is 3. The van der Waals surface area contributed by atoms with Crippen molar-refractivity contribution in [3.05, 3.63) is 29.6 Å². The fourth-order valence-corrected chi connectivity index (χ4v) is 1.92. The van der Waals surface area contributed by atoms with Gasteiger partial charge in [-0.05, 0) is 65.7 Å². The summed E-state index contributed by atoms with van der Waals surface area (Å²) in [7, 11) is 0. The Morgan fingerprint density at radius 3 is 1.96 bits per heavy atom.